The van der Waals surface area contributed by atoms with E-state index in [0.717, 1.165) is 0 Å². The number of hydrogen-bond donors (Lipinski definition) is 2. The summed E-state index contributed by atoms with van der Waals surface area (Å²) in [4.78, 5) is 10.3. The molecule has 0 aliphatic heterocycles. The maximum absolute atomic E-state index is 11.6. The predicted octanol–water partition coefficient (Wildman–Crippen LogP) is 0.420. The Bertz CT molecular complexity index is 185. The van der Waals surface area contributed by atoms with Crippen molar-refractivity contribution in [3.05, 3.63) is 0 Å². The minimum absolute atomic E-state index is 0.00389. The van der Waals surface area contributed by atoms with Gasteiger partial charge in [-0.25, -0.2) is 0 Å². The van der Waals surface area contributed by atoms with E-state index in [1.54, 1.807) is 0 Å². The lowest BCUT2D eigenvalue weighted by molar-refractivity contribution is -0.173. The lowest BCUT2D eigenvalue weighted by Crippen LogP contribution is -2.25. The summed E-state index contributed by atoms with van der Waals surface area (Å²) in [5.74, 6) is -0.384. The zero-order valence-corrected chi connectivity index (χ0v) is 8.27. The van der Waals surface area contributed by atoms with Gasteiger partial charge < -0.3 is 15.8 Å². The molecule has 0 atom stereocenters. The third-order valence-corrected chi connectivity index (χ3v) is 1.47. The van der Waals surface area contributed by atoms with Gasteiger partial charge in [0, 0.05) is 13.0 Å². The van der Waals surface area contributed by atoms with E-state index < -0.39 is 12.8 Å². The van der Waals surface area contributed by atoms with Crippen molar-refractivity contribution < 1.29 is 22.7 Å². The fraction of sp³-hybridized carbons (Fsp3) is 0.875. The van der Waals surface area contributed by atoms with E-state index in [4.69, 9.17) is 5.73 Å². The number of amides is 1. The molecular formula is C8H15F3N2O2. The second-order valence-corrected chi connectivity index (χ2v) is 2.99. The van der Waals surface area contributed by atoms with Crippen molar-refractivity contribution in [3.8, 4) is 0 Å². The van der Waals surface area contributed by atoms with Gasteiger partial charge in [0.05, 0.1) is 6.61 Å². The molecule has 0 spiro atoms. The van der Waals surface area contributed by atoms with Crippen LogP contribution >= 0.6 is 0 Å². The number of carbonyl (C=O) groups is 1. The molecule has 0 aliphatic carbocycles. The van der Waals surface area contributed by atoms with Crippen LogP contribution in [-0.4, -0.2) is 38.4 Å². The molecule has 0 aromatic rings. The van der Waals surface area contributed by atoms with Crippen molar-refractivity contribution in [2.24, 2.45) is 5.73 Å². The number of primary amides is 1. The third kappa shape index (κ3) is 13.2. The molecule has 0 unspecified atom stereocenters. The molecular weight excluding hydrogens is 213 g/mol. The highest BCUT2D eigenvalue weighted by Gasteiger charge is 2.27. The second-order valence-electron chi connectivity index (χ2n) is 2.99. The van der Waals surface area contributed by atoms with Crippen LogP contribution in [0.15, 0.2) is 0 Å². The molecule has 4 nitrogen and oxygen atoms in total. The Morgan fingerprint density at radius 2 is 2.00 bits per heavy atom. The van der Waals surface area contributed by atoms with E-state index in [1.807, 2.05) is 0 Å². The molecule has 0 bridgehead atoms. The van der Waals surface area contributed by atoms with Gasteiger partial charge in [-0.15, -0.1) is 0 Å². The van der Waals surface area contributed by atoms with Gasteiger partial charge in [0.15, 0.2) is 0 Å². The highest BCUT2D eigenvalue weighted by molar-refractivity contribution is 5.73. The number of halogens is 3. The largest absolute Gasteiger partial charge is 0.411 e. The van der Waals surface area contributed by atoms with Gasteiger partial charge in [-0.05, 0) is 13.0 Å². The van der Waals surface area contributed by atoms with Gasteiger partial charge in [0.25, 0.3) is 0 Å². The molecule has 0 heterocycles. The topological polar surface area (TPSA) is 64.4 Å². The van der Waals surface area contributed by atoms with Crippen LogP contribution in [0.2, 0.25) is 0 Å². The summed E-state index contributed by atoms with van der Waals surface area (Å²) < 4.78 is 39.1. The average molecular weight is 228 g/mol. The maximum Gasteiger partial charge on any atom is 0.411 e. The quantitative estimate of drug-likeness (QED) is 0.592. The monoisotopic (exact) mass is 228 g/mol. The number of carbonyl (C=O) groups excluding carboxylic acids is 1. The number of rotatable bonds is 8. The Kier molecular flexibility index (Phi) is 7.06. The van der Waals surface area contributed by atoms with Crippen LogP contribution in [0.3, 0.4) is 0 Å². The summed E-state index contributed by atoms with van der Waals surface area (Å²) in [5, 5.41) is 2.83. The van der Waals surface area contributed by atoms with E-state index in [0.29, 0.717) is 19.5 Å². The number of ether oxygens (including phenoxy) is 1. The summed E-state index contributed by atoms with van der Waals surface area (Å²) in [6, 6.07) is 0. The molecule has 7 heteroatoms. The zero-order valence-electron chi connectivity index (χ0n) is 8.27. The van der Waals surface area contributed by atoms with Gasteiger partial charge in [-0.1, -0.05) is 0 Å². The zero-order chi connectivity index (χ0) is 11.7. The van der Waals surface area contributed by atoms with E-state index in [-0.39, 0.29) is 18.9 Å². The molecule has 0 radical (unpaired) electrons. The highest BCUT2D eigenvalue weighted by atomic mass is 19.4. The molecule has 0 fully saturated rings. The molecule has 0 rings (SSSR count). The molecule has 90 valence electrons. The summed E-state index contributed by atoms with van der Waals surface area (Å²) in [6.07, 6.45) is -3.42. The van der Waals surface area contributed by atoms with Gasteiger partial charge in [-0.3, -0.25) is 4.79 Å². The van der Waals surface area contributed by atoms with Gasteiger partial charge >= 0.3 is 6.18 Å². The predicted molar refractivity (Wildman–Crippen MR) is 48.2 cm³/mol. The molecule has 15 heavy (non-hydrogen) atoms. The van der Waals surface area contributed by atoms with Gasteiger partial charge in [-0.2, -0.15) is 13.2 Å². The van der Waals surface area contributed by atoms with Crippen molar-refractivity contribution in [2.45, 2.75) is 19.0 Å². The molecule has 0 aromatic heterocycles. The van der Waals surface area contributed by atoms with E-state index in [9.17, 15) is 18.0 Å². The van der Waals surface area contributed by atoms with Crippen molar-refractivity contribution in [2.75, 3.05) is 26.3 Å². The van der Waals surface area contributed by atoms with Crippen LogP contribution in [0, 0.1) is 0 Å². The fourth-order valence-electron chi connectivity index (χ4n) is 0.845. The third-order valence-electron chi connectivity index (χ3n) is 1.47. The van der Waals surface area contributed by atoms with Crippen LogP contribution in [-0.2, 0) is 9.53 Å². The van der Waals surface area contributed by atoms with Crippen molar-refractivity contribution in [1.29, 1.82) is 0 Å². The van der Waals surface area contributed by atoms with Crippen LogP contribution in [0.4, 0.5) is 13.2 Å². The maximum atomic E-state index is 11.6. The van der Waals surface area contributed by atoms with Crippen LogP contribution in [0.25, 0.3) is 0 Å². The van der Waals surface area contributed by atoms with E-state index >= 15 is 0 Å². The van der Waals surface area contributed by atoms with Crippen LogP contribution < -0.4 is 11.1 Å². The number of alkyl halides is 3. The second kappa shape index (κ2) is 7.47. The fourth-order valence-corrected chi connectivity index (χ4v) is 0.845. The average Bonchev–Trinajstić information content (AvgIpc) is 2.07. The standard InChI is InChI=1S/C8H15F3N2O2/c9-8(10,11)6-15-5-4-13-3-1-2-7(12)14/h13H,1-6H2,(H2,12,14). The van der Waals surface area contributed by atoms with E-state index in [1.165, 1.54) is 0 Å². The van der Waals surface area contributed by atoms with Gasteiger partial charge in [0.1, 0.15) is 6.61 Å². The first-order chi connectivity index (χ1) is 6.92. The Morgan fingerprint density at radius 1 is 1.33 bits per heavy atom. The molecule has 1 amide bonds. The Hall–Kier alpha value is -0.820. The summed E-state index contributed by atoms with van der Waals surface area (Å²) in [7, 11) is 0. The smallest absolute Gasteiger partial charge is 0.371 e. The van der Waals surface area contributed by atoms with Crippen molar-refractivity contribution in [1.82, 2.24) is 5.32 Å². The Morgan fingerprint density at radius 3 is 2.53 bits per heavy atom. The highest BCUT2D eigenvalue weighted by Crippen LogP contribution is 2.13. The number of hydrogen-bond acceptors (Lipinski definition) is 3. The van der Waals surface area contributed by atoms with Crippen LogP contribution in [0.5, 0.6) is 0 Å². The first kappa shape index (κ1) is 14.2. The summed E-state index contributed by atoms with van der Waals surface area (Å²) in [5.41, 5.74) is 4.89. The molecule has 0 aromatic carbocycles. The molecule has 0 aliphatic rings. The van der Waals surface area contributed by atoms with E-state index in [2.05, 4.69) is 10.1 Å². The van der Waals surface area contributed by atoms with Crippen LogP contribution in [0.1, 0.15) is 12.8 Å². The Balaban J connectivity index is 3.09. The molecule has 3 N–H and O–H groups in total. The first-order valence-electron chi connectivity index (χ1n) is 4.55. The normalized spacial score (nSPS) is 11.7. The Labute approximate surface area is 86.0 Å². The SMILES string of the molecule is NC(=O)CCCNCCOCC(F)(F)F. The first-order valence-corrected chi connectivity index (χ1v) is 4.55. The van der Waals surface area contributed by atoms with Crippen molar-refractivity contribution in [3.63, 3.8) is 0 Å². The summed E-state index contributed by atoms with van der Waals surface area (Å²) in [6.45, 7) is -0.362. The number of nitrogens with two attached hydrogens (primary N) is 1. The lowest BCUT2D eigenvalue weighted by Gasteiger charge is -2.07. The van der Waals surface area contributed by atoms with Crippen molar-refractivity contribution >= 4 is 5.91 Å². The minimum atomic E-state index is -4.27. The summed E-state index contributed by atoms with van der Waals surface area (Å²) >= 11 is 0. The lowest BCUT2D eigenvalue weighted by atomic mass is 10.3. The number of nitrogens with one attached hydrogen (secondary N) is 1. The van der Waals surface area contributed by atoms with Gasteiger partial charge in [0.2, 0.25) is 5.91 Å². The minimum Gasteiger partial charge on any atom is -0.371 e. The molecule has 0 saturated carbocycles. The molecule has 0 saturated heterocycles.